The molecule has 2 aliphatic rings. The molecule has 1 saturated carbocycles. The molecule has 0 spiro atoms. The molecule has 4 heteroatoms. The maximum absolute atomic E-state index is 5.77. The zero-order chi connectivity index (χ0) is 13.3. The molecule has 1 saturated heterocycles. The Morgan fingerprint density at radius 1 is 0.895 bits per heavy atom. The Morgan fingerprint density at radius 3 is 2.37 bits per heavy atom. The van der Waals surface area contributed by atoms with Gasteiger partial charge in [0.2, 0.25) is 0 Å². The molecule has 1 aliphatic carbocycles. The van der Waals surface area contributed by atoms with Crippen LogP contribution in [-0.4, -0.2) is 51.7 Å². The smallest absolute Gasteiger partial charge is 0.0704 e. The van der Waals surface area contributed by atoms with Gasteiger partial charge in [-0.3, -0.25) is 0 Å². The lowest BCUT2D eigenvalue weighted by Gasteiger charge is -2.32. The first kappa shape index (κ1) is 15.2. The van der Waals surface area contributed by atoms with Crippen LogP contribution in [0.1, 0.15) is 39.0 Å². The van der Waals surface area contributed by atoms with Crippen LogP contribution in [0.3, 0.4) is 0 Å². The van der Waals surface area contributed by atoms with Gasteiger partial charge in [-0.1, -0.05) is 6.92 Å². The molecule has 1 heterocycles. The molecule has 4 nitrogen and oxygen atoms in total. The Kier molecular flexibility index (Phi) is 7.14. The molecule has 19 heavy (non-hydrogen) atoms. The zero-order valence-electron chi connectivity index (χ0n) is 12.2. The van der Waals surface area contributed by atoms with Crippen LogP contribution in [-0.2, 0) is 14.2 Å². The summed E-state index contributed by atoms with van der Waals surface area (Å²) < 4.78 is 17.1. The summed E-state index contributed by atoms with van der Waals surface area (Å²) in [5, 5.41) is 3.34. The fourth-order valence-electron chi connectivity index (χ4n) is 2.71. The highest BCUT2D eigenvalue weighted by atomic mass is 16.5. The summed E-state index contributed by atoms with van der Waals surface area (Å²) >= 11 is 0. The molecule has 0 radical (unpaired) electrons. The van der Waals surface area contributed by atoms with E-state index in [9.17, 15) is 0 Å². The first-order valence-electron chi connectivity index (χ1n) is 7.86. The van der Waals surface area contributed by atoms with Crippen molar-refractivity contribution in [1.82, 2.24) is 5.32 Å². The molecule has 2 rings (SSSR count). The van der Waals surface area contributed by atoms with Crippen molar-refractivity contribution < 1.29 is 14.2 Å². The molecule has 0 aromatic carbocycles. The zero-order valence-corrected chi connectivity index (χ0v) is 12.2. The van der Waals surface area contributed by atoms with Gasteiger partial charge in [-0.05, 0) is 51.1 Å². The lowest BCUT2D eigenvalue weighted by Crippen LogP contribution is -2.33. The number of hydrogen-bond donors (Lipinski definition) is 1. The van der Waals surface area contributed by atoms with Gasteiger partial charge in [-0.15, -0.1) is 0 Å². The van der Waals surface area contributed by atoms with Crippen LogP contribution < -0.4 is 5.32 Å². The van der Waals surface area contributed by atoms with Gasteiger partial charge in [-0.2, -0.15) is 0 Å². The third kappa shape index (κ3) is 6.21. The van der Waals surface area contributed by atoms with Gasteiger partial charge in [0.05, 0.1) is 25.4 Å². The van der Waals surface area contributed by atoms with Gasteiger partial charge < -0.3 is 19.5 Å². The second-order valence-electron chi connectivity index (χ2n) is 5.86. The van der Waals surface area contributed by atoms with Gasteiger partial charge in [-0.25, -0.2) is 0 Å². The Bertz CT molecular complexity index is 225. The quantitative estimate of drug-likeness (QED) is 0.651. The van der Waals surface area contributed by atoms with E-state index in [1.807, 2.05) is 0 Å². The van der Waals surface area contributed by atoms with E-state index in [-0.39, 0.29) is 0 Å². The molecule has 0 unspecified atom stereocenters. The predicted molar refractivity (Wildman–Crippen MR) is 75.4 cm³/mol. The Labute approximate surface area is 117 Å². The van der Waals surface area contributed by atoms with E-state index in [0.29, 0.717) is 18.8 Å². The highest BCUT2D eigenvalue weighted by Crippen LogP contribution is 2.29. The molecular formula is C15H29NO3. The van der Waals surface area contributed by atoms with Crippen molar-refractivity contribution in [1.29, 1.82) is 0 Å². The van der Waals surface area contributed by atoms with Crippen LogP contribution in [0.25, 0.3) is 0 Å². The monoisotopic (exact) mass is 271 g/mol. The average molecular weight is 271 g/mol. The molecule has 1 N–H and O–H groups in total. The topological polar surface area (TPSA) is 39.7 Å². The summed E-state index contributed by atoms with van der Waals surface area (Å²) in [6, 6.07) is 0. The van der Waals surface area contributed by atoms with Crippen LogP contribution >= 0.6 is 0 Å². The molecular weight excluding hydrogens is 242 g/mol. The van der Waals surface area contributed by atoms with Gasteiger partial charge in [0.1, 0.15) is 0 Å². The fourth-order valence-corrected chi connectivity index (χ4v) is 2.71. The minimum atomic E-state index is 0.439. The lowest BCUT2D eigenvalue weighted by atomic mass is 9.84. The SMILES string of the molecule is C[C@H]1C[C@H](OCCCOCCOC2CCNCC2)C1. The van der Waals surface area contributed by atoms with Gasteiger partial charge >= 0.3 is 0 Å². The molecule has 0 amide bonds. The number of hydrogen-bond acceptors (Lipinski definition) is 4. The number of rotatable bonds is 9. The van der Waals surface area contributed by atoms with Crippen LogP contribution in [0, 0.1) is 5.92 Å². The molecule has 0 atom stereocenters. The summed E-state index contributed by atoms with van der Waals surface area (Å²) in [5.41, 5.74) is 0. The van der Waals surface area contributed by atoms with Crippen molar-refractivity contribution in [2.75, 3.05) is 39.5 Å². The van der Waals surface area contributed by atoms with Crippen molar-refractivity contribution >= 4 is 0 Å². The van der Waals surface area contributed by atoms with E-state index in [2.05, 4.69) is 12.2 Å². The summed E-state index contributed by atoms with van der Waals surface area (Å²) in [5.74, 6) is 0.869. The highest BCUT2D eigenvalue weighted by molar-refractivity contribution is 4.76. The Hall–Kier alpha value is -0.160. The van der Waals surface area contributed by atoms with Crippen LogP contribution in [0.15, 0.2) is 0 Å². The second-order valence-corrected chi connectivity index (χ2v) is 5.86. The molecule has 0 aromatic heterocycles. The van der Waals surface area contributed by atoms with E-state index in [1.165, 1.54) is 12.8 Å². The second kappa shape index (κ2) is 8.90. The van der Waals surface area contributed by atoms with Crippen molar-refractivity contribution in [2.24, 2.45) is 5.92 Å². The number of piperidine rings is 1. The number of nitrogens with one attached hydrogen (secondary N) is 1. The van der Waals surface area contributed by atoms with Gasteiger partial charge in [0.15, 0.2) is 0 Å². The molecule has 0 aromatic rings. The average Bonchev–Trinajstić information content (AvgIpc) is 2.40. The predicted octanol–water partition coefficient (Wildman–Crippen LogP) is 1.98. The lowest BCUT2D eigenvalue weighted by molar-refractivity contribution is -0.0394. The largest absolute Gasteiger partial charge is 0.379 e. The van der Waals surface area contributed by atoms with Crippen LogP contribution in [0.2, 0.25) is 0 Å². The van der Waals surface area contributed by atoms with Gasteiger partial charge in [0.25, 0.3) is 0 Å². The molecule has 0 bridgehead atoms. The van der Waals surface area contributed by atoms with Crippen molar-refractivity contribution in [3.63, 3.8) is 0 Å². The Morgan fingerprint density at radius 2 is 1.63 bits per heavy atom. The highest BCUT2D eigenvalue weighted by Gasteiger charge is 2.25. The van der Waals surface area contributed by atoms with E-state index >= 15 is 0 Å². The number of ether oxygens (including phenoxy) is 3. The summed E-state index contributed by atoms with van der Waals surface area (Å²) in [4.78, 5) is 0. The first-order chi connectivity index (χ1) is 9.34. The Balaban J connectivity index is 1.30. The third-order valence-corrected chi connectivity index (χ3v) is 3.98. The first-order valence-corrected chi connectivity index (χ1v) is 7.86. The van der Waals surface area contributed by atoms with E-state index in [1.54, 1.807) is 0 Å². The fraction of sp³-hybridized carbons (Fsp3) is 1.00. The van der Waals surface area contributed by atoms with E-state index in [4.69, 9.17) is 14.2 Å². The summed E-state index contributed by atoms with van der Waals surface area (Å²) in [6.45, 7) is 7.52. The summed E-state index contributed by atoms with van der Waals surface area (Å²) in [7, 11) is 0. The maximum atomic E-state index is 5.77. The molecule has 1 aliphatic heterocycles. The summed E-state index contributed by atoms with van der Waals surface area (Å²) in [6.07, 6.45) is 6.71. The van der Waals surface area contributed by atoms with Crippen molar-refractivity contribution in [3.05, 3.63) is 0 Å². The molecule has 2 fully saturated rings. The maximum Gasteiger partial charge on any atom is 0.0704 e. The minimum absolute atomic E-state index is 0.439. The third-order valence-electron chi connectivity index (χ3n) is 3.98. The van der Waals surface area contributed by atoms with Crippen molar-refractivity contribution in [3.8, 4) is 0 Å². The van der Waals surface area contributed by atoms with Crippen molar-refractivity contribution in [2.45, 2.75) is 51.2 Å². The van der Waals surface area contributed by atoms with E-state index < -0.39 is 0 Å². The van der Waals surface area contributed by atoms with Gasteiger partial charge in [0, 0.05) is 13.2 Å². The minimum Gasteiger partial charge on any atom is -0.379 e. The molecule has 112 valence electrons. The normalized spacial score (nSPS) is 28.3. The van der Waals surface area contributed by atoms with Crippen LogP contribution in [0.4, 0.5) is 0 Å². The standard InChI is InChI=1S/C15H29NO3/c1-13-11-15(12-13)18-8-2-7-17-9-10-19-14-3-5-16-6-4-14/h13-16H,2-12H2,1H3/t13-,15-. The van der Waals surface area contributed by atoms with Crippen LogP contribution in [0.5, 0.6) is 0 Å². The van der Waals surface area contributed by atoms with E-state index in [0.717, 1.165) is 58.1 Å².